The third-order valence-electron chi connectivity index (χ3n) is 2.73. The van der Waals surface area contributed by atoms with Crippen molar-refractivity contribution in [2.45, 2.75) is 19.5 Å². The molecule has 1 aromatic heterocycles. The van der Waals surface area contributed by atoms with E-state index in [-0.39, 0.29) is 6.04 Å². The molecule has 0 saturated carbocycles. The molecule has 0 bridgehead atoms. The van der Waals surface area contributed by atoms with E-state index in [2.05, 4.69) is 50.6 Å². The van der Waals surface area contributed by atoms with Crippen molar-refractivity contribution in [3.8, 4) is 0 Å². The van der Waals surface area contributed by atoms with E-state index < -0.39 is 0 Å². The Hall–Kier alpha value is -1.20. The lowest BCUT2D eigenvalue weighted by Gasteiger charge is -2.17. The van der Waals surface area contributed by atoms with Crippen LogP contribution < -0.4 is 5.32 Å². The first kappa shape index (κ1) is 12.3. The molecule has 5 heteroatoms. The van der Waals surface area contributed by atoms with Crippen molar-refractivity contribution in [2.24, 2.45) is 0 Å². The number of benzene rings is 1. The summed E-state index contributed by atoms with van der Waals surface area (Å²) in [6.45, 7) is 2.89. The smallest absolute Gasteiger partial charge is 0.0801 e. The predicted molar refractivity (Wildman–Crippen MR) is 70.7 cm³/mol. The highest BCUT2D eigenvalue weighted by molar-refractivity contribution is 9.10. The standard InChI is InChI=1S/C12H15BrN4/c1-3-17-11(8-15-16-17)12(14-2)9-4-6-10(13)7-5-9/h4-8,12,14H,3H2,1-2H3. The van der Waals surface area contributed by atoms with Crippen LogP contribution in [0, 0.1) is 0 Å². The SMILES string of the molecule is CCn1nncc1C(NC)c1ccc(Br)cc1. The second-order valence-corrected chi connectivity index (χ2v) is 4.66. The second-order valence-electron chi connectivity index (χ2n) is 3.75. The molecule has 0 aliphatic heterocycles. The summed E-state index contributed by atoms with van der Waals surface area (Å²) in [6.07, 6.45) is 1.81. The van der Waals surface area contributed by atoms with Crippen LogP contribution in [0.3, 0.4) is 0 Å². The third kappa shape index (κ3) is 2.56. The molecule has 1 unspecified atom stereocenters. The number of hydrogen-bond acceptors (Lipinski definition) is 3. The molecule has 17 heavy (non-hydrogen) atoms. The molecule has 0 aliphatic rings. The van der Waals surface area contributed by atoms with Crippen LogP contribution in [0.5, 0.6) is 0 Å². The number of aromatic nitrogens is 3. The maximum absolute atomic E-state index is 4.06. The van der Waals surface area contributed by atoms with Crippen molar-refractivity contribution < 1.29 is 0 Å². The van der Waals surface area contributed by atoms with Crippen LogP contribution in [0.25, 0.3) is 0 Å². The largest absolute Gasteiger partial charge is 0.308 e. The van der Waals surface area contributed by atoms with E-state index in [0.717, 1.165) is 16.7 Å². The Morgan fingerprint density at radius 2 is 2.06 bits per heavy atom. The first-order valence-electron chi connectivity index (χ1n) is 5.57. The van der Waals surface area contributed by atoms with Crippen LogP contribution in [0.15, 0.2) is 34.9 Å². The van der Waals surface area contributed by atoms with Gasteiger partial charge < -0.3 is 5.32 Å². The Morgan fingerprint density at radius 3 is 2.65 bits per heavy atom. The number of halogens is 1. The summed E-state index contributed by atoms with van der Waals surface area (Å²) in [7, 11) is 1.94. The van der Waals surface area contributed by atoms with Crippen molar-refractivity contribution in [1.29, 1.82) is 0 Å². The van der Waals surface area contributed by atoms with E-state index in [1.807, 2.05) is 30.1 Å². The topological polar surface area (TPSA) is 42.7 Å². The zero-order valence-electron chi connectivity index (χ0n) is 9.89. The fourth-order valence-corrected chi connectivity index (χ4v) is 2.14. The van der Waals surface area contributed by atoms with Gasteiger partial charge in [-0.2, -0.15) is 0 Å². The molecule has 90 valence electrons. The summed E-state index contributed by atoms with van der Waals surface area (Å²) in [5.74, 6) is 0. The van der Waals surface area contributed by atoms with Crippen molar-refractivity contribution in [1.82, 2.24) is 20.3 Å². The third-order valence-corrected chi connectivity index (χ3v) is 3.26. The van der Waals surface area contributed by atoms with Crippen LogP contribution in [0.4, 0.5) is 0 Å². The van der Waals surface area contributed by atoms with Gasteiger partial charge in [0.05, 0.1) is 17.9 Å². The van der Waals surface area contributed by atoms with E-state index in [0.29, 0.717) is 0 Å². The van der Waals surface area contributed by atoms with E-state index in [9.17, 15) is 0 Å². The van der Waals surface area contributed by atoms with Crippen LogP contribution in [0.1, 0.15) is 24.2 Å². The molecule has 1 aromatic carbocycles. The van der Waals surface area contributed by atoms with Gasteiger partial charge in [-0.05, 0) is 31.7 Å². The maximum Gasteiger partial charge on any atom is 0.0801 e. The van der Waals surface area contributed by atoms with E-state index in [4.69, 9.17) is 0 Å². The van der Waals surface area contributed by atoms with Gasteiger partial charge in [-0.15, -0.1) is 5.10 Å². The molecule has 2 aromatic rings. The molecule has 0 saturated heterocycles. The normalized spacial score (nSPS) is 12.6. The van der Waals surface area contributed by atoms with Gasteiger partial charge in [0.1, 0.15) is 0 Å². The zero-order chi connectivity index (χ0) is 12.3. The van der Waals surface area contributed by atoms with Gasteiger partial charge in [0.25, 0.3) is 0 Å². The quantitative estimate of drug-likeness (QED) is 0.941. The Kier molecular flexibility index (Phi) is 3.91. The van der Waals surface area contributed by atoms with Gasteiger partial charge in [-0.25, -0.2) is 4.68 Å². The van der Waals surface area contributed by atoms with Gasteiger partial charge in [0.2, 0.25) is 0 Å². The molecule has 2 rings (SSSR count). The second kappa shape index (κ2) is 5.42. The highest BCUT2D eigenvalue weighted by Gasteiger charge is 2.16. The average Bonchev–Trinajstić information content (AvgIpc) is 2.81. The highest BCUT2D eigenvalue weighted by atomic mass is 79.9. The minimum atomic E-state index is 0.123. The molecule has 1 N–H and O–H groups in total. The summed E-state index contributed by atoms with van der Waals surface area (Å²) in [6, 6.07) is 8.40. The van der Waals surface area contributed by atoms with Gasteiger partial charge in [0, 0.05) is 11.0 Å². The first-order valence-corrected chi connectivity index (χ1v) is 6.36. The minimum Gasteiger partial charge on any atom is -0.308 e. The number of nitrogens with zero attached hydrogens (tertiary/aromatic N) is 3. The molecule has 0 fully saturated rings. The molecule has 1 atom stereocenters. The fraction of sp³-hybridized carbons (Fsp3) is 0.333. The van der Waals surface area contributed by atoms with E-state index in [1.54, 1.807) is 0 Å². The molecule has 0 spiro atoms. The zero-order valence-corrected chi connectivity index (χ0v) is 11.5. The van der Waals surface area contributed by atoms with Crippen molar-refractivity contribution in [2.75, 3.05) is 7.05 Å². The number of nitrogens with one attached hydrogen (secondary N) is 1. The minimum absolute atomic E-state index is 0.123. The Labute approximate surface area is 109 Å². The molecular weight excluding hydrogens is 280 g/mol. The molecule has 0 amide bonds. The first-order chi connectivity index (χ1) is 8.26. The summed E-state index contributed by atoms with van der Waals surface area (Å²) < 4.78 is 2.99. The van der Waals surface area contributed by atoms with Crippen molar-refractivity contribution in [3.63, 3.8) is 0 Å². The lowest BCUT2D eigenvalue weighted by atomic mass is 10.0. The monoisotopic (exact) mass is 294 g/mol. The Bertz CT molecular complexity index is 478. The number of rotatable bonds is 4. The molecule has 0 aliphatic carbocycles. The van der Waals surface area contributed by atoms with Crippen LogP contribution in [-0.2, 0) is 6.54 Å². The maximum atomic E-state index is 4.06. The fourth-order valence-electron chi connectivity index (χ4n) is 1.88. The lowest BCUT2D eigenvalue weighted by molar-refractivity contribution is 0.552. The molecule has 1 heterocycles. The summed E-state index contributed by atoms with van der Waals surface area (Å²) >= 11 is 3.44. The van der Waals surface area contributed by atoms with Gasteiger partial charge in [-0.3, -0.25) is 0 Å². The van der Waals surface area contributed by atoms with Crippen LogP contribution in [0.2, 0.25) is 0 Å². The van der Waals surface area contributed by atoms with E-state index in [1.165, 1.54) is 5.56 Å². The predicted octanol–water partition coefficient (Wildman–Crippen LogP) is 2.37. The molecule has 0 radical (unpaired) electrons. The Balaban J connectivity index is 2.36. The summed E-state index contributed by atoms with van der Waals surface area (Å²) in [5, 5.41) is 11.3. The Morgan fingerprint density at radius 1 is 1.35 bits per heavy atom. The van der Waals surface area contributed by atoms with Crippen LogP contribution in [-0.4, -0.2) is 22.0 Å². The summed E-state index contributed by atoms with van der Waals surface area (Å²) in [4.78, 5) is 0. The van der Waals surface area contributed by atoms with Gasteiger partial charge in [0.15, 0.2) is 0 Å². The molecule has 4 nitrogen and oxygen atoms in total. The number of hydrogen-bond donors (Lipinski definition) is 1. The van der Waals surface area contributed by atoms with Crippen LogP contribution >= 0.6 is 15.9 Å². The lowest BCUT2D eigenvalue weighted by Crippen LogP contribution is -2.21. The highest BCUT2D eigenvalue weighted by Crippen LogP contribution is 2.22. The van der Waals surface area contributed by atoms with Gasteiger partial charge >= 0.3 is 0 Å². The van der Waals surface area contributed by atoms with Crippen molar-refractivity contribution in [3.05, 3.63) is 46.2 Å². The van der Waals surface area contributed by atoms with Crippen molar-refractivity contribution >= 4 is 15.9 Å². The number of aryl methyl sites for hydroxylation is 1. The summed E-state index contributed by atoms with van der Waals surface area (Å²) in [5.41, 5.74) is 2.28. The average molecular weight is 295 g/mol. The van der Waals surface area contributed by atoms with E-state index >= 15 is 0 Å². The van der Waals surface area contributed by atoms with Gasteiger partial charge in [-0.1, -0.05) is 33.3 Å². The molecular formula is C12H15BrN4.